The number of amides is 1. The molecule has 1 aliphatic heterocycles. The first-order valence-corrected chi connectivity index (χ1v) is 11.7. The average Bonchev–Trinajstić information content (AvgIpc) is 3.46. The van der Waals surface area contributed by atoms with Crippen molar-refractivity contribution in [3.05, 3.63) is 95.8 Å². The quantitative estimate of drug-likeness (QED) is 0.268. The fraction of sp³-hybridized carbons (Fsp3) is 0.185. The Balaban J connectivity index is 1.13. The zero-order chi connectivity index (χ0) is 24.6. The van der Waals surface area contributed by atoms with Gasteiger partial charge in [0.2, 0.25) is 5.91 Å². The fourth-order valence-corrected chi connectivity index (χ4v) is 3.76. The Morgan fingerprint density at radius 2 is 1.94 bits per heavy atom. The molecule has 0 radical (unpaired) electrons. The number of aromatic nitrogens is 4. The molecule has 4 aromatic rings. The number of nitrogens with zero attached hydrogens (tertiary/aromatic N) is 3. The molecule has 1 amide bonds. The van der Waals surface area contributed by atoms with E-state index in [0.29, 0.717) is 29.6 Å². The highest BCUT2D eigenvalue weighted by molar-refractivity contribution is 6.03. The summed E-state index contributed by atoms with van der Waals surface area (Å²) in [5.41, 5.74) is 2.69. The first kappa shape index (κ1) is 23.1. The van der Waals surface area contributed by atoms with Gasteiger partial charge in [-0.2, -0.15) is 0 Å². The monoisotopic (exact) mass is 483 g/mol. The third kappa shape index (κ3) is 5.87. The van der Waals surface area contributed by atoms with E-state index >= 15 is 0 Å². The minimum absolute atomic E-state index is 0.258. The van der Waals surface area contributed by atoms with Gasteiger partial charge in [0.25, 0.3) is 0 Å². The molecule has 0 saturated carbocycles. The van der Waals surface area contributed by atoms with Crippen LogP contribution < -0.4 is 19.5 Å². The number of para-hydroxylation sites is 1. The maximum absolute atomic E-state index is 12.6. The van der Waals surface area contributed by atoms with Gasteiger partial charge in [-0.1, -0.05) is 48.5 Å². The van der Waals surface area contributed by atoms with E-state index in [4.69, 9.17) is 14.2 Å². The summed E-state index contributed by atoms with van der Waals surface area (Å²) in [5.74, 6) is 1.93. The van der Waals surface area contributed by atoms with Crippen LogP contribution in [0.3, 0.4) is 0 Å². The van der Waals surface area contributed by atoms with Gasteiger partial charge in [0.05, 0.1) is 12.3 Å². The number of nitrogens with one attached hydrogen (secondary N) is 2. The van der Waals surface area contributed by atoms with Crippen LogP contribution in [0.1, 0.15) is 29.5 Å². The normalized spacial score (nSPS) is 14.5. The van der Waals surface area contributed by atoms with Gasteiger partial charge in [0, 0.05) is 6.08 Å². The van der Waals surface area contributed by atoms with E-state index in [9.17, 15) is 4.79 Å². The largest absolute Gasteiger partial charge is 0.494 e. The number of benzene rings is 3. The lowest BCUT2D eigenvalue weighted by atomic mass is 10.1. The minimum atomic E-state index is -0.500. The van der Waals surface area contributed by atoms with Crippen LogP contribution in [0.15, 0.2) is 78.9 Å². The van der Waals surface area contributed by atoms with Crippen molar-refractivity contribution in [2.75, 3.05) is 18.5 Å². The number of aryl methyl sites for hydroxylation is 1. The molecular formula is C27H25N5O4. The van der Waals surface area contributed by atoms with Crippen molar-refractivity contribution in [3.63, 3.8) is 0 Å². The number of aromatic amines is 1. The molecule has 2 heterocycles. The molecule has 9 heteroatoms. The molecule has 0 saturated heterocycles. The van der Waals surface area contributed by atoms with Crippen molar-refractivity contribution in [3.8, 4) is 17.2 Å². The number of carbonyl (C=O) groups is 1. The first-order chi connectivity index (χ1) is 17.7. The number of ether oxygens (including phenoxy) is 3. The molecule has 9 nitrogen and oxygen atoms in total. The first-order valence-electron chi connectivity index (χ1n) is 11.7. The Bertz CT molecular complexity index is 1310. The second-order valence-electron chi connectivity index (χ2n) is 8.17. The highest BCUT2D eigenvalue weighted by atomic mass is 16.6. The fourth-order valence-electron chi connectivity index (χ4n) is 3.76. The number of hydrogen-bond donors (Lipinski definition) is 2. The lowest BCUT2D eigenvalue weighted by molar-refractivity contribution is -0.111. The highest BCUT2D eigenvalue weighted by Gasteiger charge is 2.27. The summed E-state index contributed by atoms with van der Waals surface area (Å²) >= 11 is 0. The molecule has 3 aromatic carbocycles. The number of H-pyrrole nitrogens is 1. The van der Waals surface area contributed by atoms with Crippen molar-refractivity contribution in [2.24, 2.45) is 0 Å². The molecule has 36 heavy (non-hydrogen) atoms. The number of anilines is 1. The predicted molar refractivity (Wildman–Crippen MR) is 134 cm³/mol. The highest BCUT2D eigenvalue weighted by Crippen LogP contribution is 2.41. The van der Waals surface area contributed by atoms with Crippen LogP contribution >= 0.6 is 0 Å². The summed E-state index contributed by atoms with van der Waals surface area (Å²) in [7, 11) is 0. The van der Waals surface area contributed by atoms with E-state index < -0.39 is 6.10 Å². The van der Waals surface area contributed by atoms with Crippen molar-refractivity contribution in [1.82, 2.24) is 20.6 Å². The van der Waals surface area contributed by atoms with Gasteiger partial charge < -0.3 is 19.5 Å². The Morgan fingerprint density at radius 3 is 2.75 bits per heavy atom. The third-order valence-electron chi connectivity index (χ3n) is 5.58. The van der Waals surface area contributed by atoms with Crippen LogP contribution in [0.2, 0.25) is 0 Å². The van der Waals surface area contributed by atoms with Crippen molar-refractivity contribution < 1.29 is 19.0 Å². The summed E-state index contributed by atoms with van der Waals surface area (Å²) in [4.78, 5) is 12.6. The van der Waals surface area contributed by atoms with Gasteiger partial charge in [0.15, 0.2) is 23.4 Å². The topological polar surface area (TPSA) is 111 Å². The Labute approximate surface area is 208 Å². The molecule has 1 aromatic heterocycles. The summed E-state index contributed by atoms with van der Waals surface area (Å²) in [5, 5.41) is 16.5. The zero-order valence-corrected chi connectivity index (χ0v) is 19.5. The Kier molecular flexibility index (Phi) is 7.17. The molecule has 0 spiro atoms. The van der Waals surface area contributed by atoms with Gasteiger partial charge in [-0.05, 0) is 64.7 Å². The smallest absolute Gasteiger partial charge is 0.248 e. The summed E-state index contributed by atoms with van der Waals surface area (Å²) < 4.78 is 17.6. The number of rotatable bonds is 9. The van der Waals surface area contributed by atoms with Crippen LogP contribution in [0.5, 0.6) is 17.2 Å². The van der Waals surface area contributed by atoms with E-state index in [-0.39, 0.29) is 12.5 Å². The molecule has 1 unspecified atom stereocenters. The maximum Gasteiger partial charge on any atom is 0.248 e. The molecule has 0 fully saturated rings. The molecule has 1 atom stereocenters. The Hall–Kier alpha value is -4.66. The molecular weight excluding hydrogens is 458 g/mol. The van der Waals surface area contributed by atoms with Crippen molar-refractivity contribution >= 4 is 17.7 Å². The van der Waals surface area contributed by atoms with E-state index in [1.165, 1.54) is 11.6 Å². The second kappa shape index (κ2) is 11.2. The third-order valence-corrected chi connectivity index (χ3v) is 5.58. The maximum atomic E-state index is 12.6. The van der Waals surface area contributed by atoms with E-state index in [0.717, 1.165) is 24.2 Å². The molecule has 1 aliphatic rings. The average molecular weight is 484 g/mol. The number of hydrogen-bond acceptors (Lipinski definition) is 7. The minimum Gasteiger partial charge on any atom is -0.494 e. The van der Waals surface area contributed by atoms with E-state index in [1.807, 2.05) is 42.5 Å². The number of fused-ring (bicyclic) bond motifs is 1. The number of tetrazole rings is 1. The summed E-state index contributed by atoms with van der Waals surface area (Å²) in [6.45, 7) is 0.904. The molecule has 0 bridgehead atoms. The zero-order valence-electron chi connectivity index (χ0n) is 19.5. The molecule has 5 rings (SSSR count). The SMILES string of the molecule is O=C(C=Cc1ccc(OCCCc2ccccc2)cc1)Nc1cccc2c1OC(c1nnn[nH]1)CO2. The van der Waals surface area contributed by atoms with Gasteiger partial charge in [-0.25, -0.2) is 5.10 Å². The second-order valence-corrected chi connectivity index (χ2v) is 8.17. The van der Waals surface area contributed by atoms with Gasteiger partial charge in [-0.15, -0.1) is 5.10 Å². The lowest BCUT2D eigenvalue weighted by Gasteiger charge is -2.26. The molecule has 0 aliphatic carbocycles. The summed E-state index contributed by atoms with van der Waals surface area (Å²) in [6, 6.07) is 23.3. The predicted octanol–water partition coefficient (Wildman–Crippen LogP) is 4.38. The standard InChI is InChI=1S/C27H25N5O4/c33-25(28-22-9-4-10-23-26(22)36-24(18-35-23)27-29-31-32-30-27)16-13-20-11-14-21(15-12-20)34-17-5-8-19-6-2-1-3-7-19/h1-4,6-7,9-16,24H,5,8,17-18H2,(H,28,33)(H,29,30,31,32). The van der Waals surface area contributed by atoms with E-state index in [1.54, 1.807) is 24.3 Å². The van der Waals surface area contributed by atoms with Gasteiger partial charge in [0.1, 0.15) is 12.4 Å². The van der Waals surface area contributed by atoms with Crippen LogP contribution in [0, 0.1) is 0 Å². The van der Waals surface area contributed by atoms with Crippen molar-refractivity contribution in [1.29, 1.82) is 0 Å². The molecule has 2 N–H and O–H groups in total. The van der Waals surface area contributed by atoms with Crippen LogP contribution in [0.25, 0.3) is 6.08 Å². The van der Waals surface area contributed by atoms with Crippen LogP contribution in [-0.4, -0.2) is 39.7 Å². The summed E-state index contributed by atoms with van der Waals surface area (Å²) in [6.07, 6.45) is 4.64. The van der Waals surface area contributed by atoms with Crippen LogP contribution in [-0.2, 0) is 11.2 Å². The van der Waals surface area contributed by atoms with Gasteiger partial charge in [-0.3, -0.25) is 4.79 Å². The van der Waals surface area contributed by atoms with Crippen LogP contribution in [0.4, 0.5) is 5.69 Å². The molecule has 182 valence electrons. The Morgan fingerprint density at radius 1 is 1.08 bits per heavy atom. The van der Waals surface area contributed by atoms with E-state index in [2.05, 4.69) is 38.1 Å². The van der Waals surface area contributed by atoms with Gasteiger partial charge >= 0.3 is 0 Å². The lowest BCUT2D eigenvalue weighted by Crippen LogP contribution is -2.24. The number of carbonyl (C=O) groups excluding carboxylic acids is 1. The van der Waals surface area contributed by atoms with Crippen molar-refractivity contribution in [2.45, 2.75) is 18.9 Å².